The average molecular weight is 550 g/mol. The third-order valence-electron chi connectivity index (χ3n) is 6.34. The Labute approximate surface area is 217 Å². The molecule has 2 saturated heterocycles. The summed E-state index contributed by atoms with van der Waals surface area (Å²) in [7, 11) is -3.04. The number of aliphatic hydroxyl groups excluding tert-OH is 1. The lowest BCUT2D eigenvalue weighted by Crippen LogP contribution is -2.41. The Morgan fingerprint density at radius 2 is 2.05 bits per heavy atom. The molecule has 0 unspecified atom stereocenters. The van der Waals surface area contributed by atoms with E-state index in [0.717, 1.165) is 13.1 Å². The fraction of sp³-hybridized carbons (Fsp3) is 0.478. The van der Waals surface area contributed by atoms with Crippen molar-refractivity contribution in [3.05, 3.63) is 43.0 Å². The molecular weight excluding hydrogens is 522 g/mol. The van der Waals surface area contributed by atoms with Gasteiger partial charge in [0.15, 0.2) is 28.9 Å². The molecule has 38 heavy (non-hydrogen) atoms. The van der Waals surface area contributed by atoms with Crippen LogP contribution >= 0.6 is 7.75 Å². The normalized spacial score (nSPS) is 27.2. The van der Waals surface area contributed by atoms with Gasteiger partial charge in [-0.05, 0) is 26.0 Å². The highest BCUT2D eigenvalue weighted by Gasteiger charge is 2.56. The minimum atomic E-state index is -4.22. The minimum Gasteiger partial charge on any atom is -0.468 e. The van der Waals surface area contributed by atoms with Crippen LogP contribution in [0.2, 0.25) is 0 Å². The Balaban J connectivity index is 1.36. The SMILES string of the molecule is COC(=O)[C@H](C)N[P@](=O)(OC[C@H]1O[C@@H](n2cnc3c(N4CC4)ncnc32)[C@](C)(F)[C@@H]1O)Oc1ccccc1. The second-order valence-electron chi connectivity index (χ2n) is 9.20. The van der Waals surface area contributed by atoms with Crippen LogP contribution in [0.15, 0.2) is 43.0 Å². The number of hydrogen-bond acceptors (Lipinski definition) is 11. The fourth-order valence-corrected chi connectivity index (χ4v) is 5.71. The molecule has 2 fully saturated rings. The van der Waals surface area contributed by atoms with Gasteiger partial charge in [-0.25, -0.2) is 23.9 Å². The first kappa shape index (κ1) is 26.4. The van der Waals surface area contributed by atoms with Gasteiger partial charge in [0.1, 0.15) is 30.3 Å². The number of ether oxygens (including phenoxy) is 2. The standard InChI is InChI=1S/C23H28FN6O7P/c1-14(21(32)34-3)28-38(33,37-15-7-5-4-6-8-15)35-11-16-18(31)23(2,24)22(36-16)30-13-27-17-19(29-9-10-29)25-12-26-20(17)30/h4-8,12-14,16,18,22,31H,9-11H2,1-3H3,(H,28,33)/t14-,16+,18+,22+,23+,38-/m0/s1. The number of carbonyl (C=O) groups excluding carboxylic acids is 1. The van der Waals surface area contributed by atoms with Gasteiger partial charge >= 0.3 is 13.7 Å². The first-order valence-electron chi connectivity index (χ1n) is 11.9. The number of esters is 1. The molecule has 3 aromatic rings. The van der Waals surface area contributed by atoms with Crippen molar-refractivity contribution in [1.29, 1.82) is 0 Å². The summed E-state index contributed by atoms with van der Waals surface area (Å²) < 4.78 is 52.6. The van der Waals surface area contributed by atoms with Crippen LogP contribution in [0.4, 0.5) is 10.2 Å². The molecule has 2 aromatic heterocycles. The Morgan fingerprint density at radius 3 is 2.74 bits per heavy atom. The number of rotatable bonds is 10. The summed E-state index contributed by atoms with van der Waals surface area (Å²) in [5.74, 6) is 0.140. The number of anilines is 1. The van der Waals surface area contributed by atoms with Crippen molar-refractivity contribution in [1.82, 2.24) is 24.6 Å². The van der Waals surface area contributed by atoms with Crippen LogP contribution < -0.4 is 14.5 Å². The molecule has 0 radical (unpaired) electrons. The lowest BCUT2D eigenvalue weighted by molar-refractivity contribution is -0.142. The van der Waals surface area contributed by atoms with E-state index in [1.54, 1.807) is 30.3 Å². The Morgan fingerprint density at radius 1 is 1.32 bits per heavy atom. The zero-order valence-corrected chi connectivity index (χ0v) is 21.8. The summed E-state index contributed by atoms with van der Waals surface area (Å²) >= 11 is 0. The molecule has 15 heteroatoms. The lowest BCUT2D eigenvalue weighted by Gasteiger charge is -2.25. The van der Waals surface area contributed by atoms with E-state index in [4.69, 9.17) is 13.8 Å². The predicted molar refractivity (Wildman–Crippen MR) is 132 cm³/mol. The van der Waals surface area contributed by atoms with Crippen LogP contribution in [0.5, 0.6) is 5.75 Å². The average Bonchev–Trinajstić information content (AvgIpc) is 3.62. The molecule has 0 saturated carbocycles. The number of para-hydroxylation sites is 1. The summed E-state index contributed by atoms with van der Waals surface area (Å²) in [6.07, 6.45) is -1.48. The number of aliphatic hydroxyl groups is 1. The van der Waals surface area contributed by atoms with Crippen molar-refractivity contribution in [2.45, 2.75) is 44.0 Å². The number of carbonyl (C=O) groups is 1. The maximum Gasteiger partial charge on any atom is 0.459 e. The second-order valence-corrected chi connectivity index (χ2v) is 10.9. The molecule has 2 N–H and O–H groups in total. The van der Waals surface area contributed by atoms with Crippen molar-refractivity contribution in [3.63, 3.8) is 0 Å². The van der Waals surface area contributed by atoms with Gasteiger partial charge in [-0.2, -0.15) is 5.09 Å². The van der Waals surface area contributed by atoms with Gasteiger partial charge in [-0.3, -0.25) is 13.9 Å². The van der Waals surface area contributed by atoms with E-state index in [0.29, 0.717) is 17.0 Å². The van der Waals surface area contributed by atoms with E-state index in [1.807, 2.05) is 4.90 Å². The van der Waals surface area contributed by atoms with Crippen molar-refractivity contribution in [3.8, 4) is 5.75 Å². The number of hydrogen-bond donors (Lipinski definition) is 2. The first-order chi connectivity index (χ1) is 18.1. The zero-order valence-electron chi connectivity index (χ0n) is 20.9. The molecule has 0 amide bonds. The van der Waals surface area contributed by atoms with E-state index in [9.17, 15) is 14.5 Å². The van der Waals surface area contributed by atoms with E-state index in [2.05, 4.69) is 24.8 Å². The molecule has 4 heterocycles. The van der Waals surface area contributed by atoms with Gasteiger partial charge in [-0.15, -0.1) is 0 Å². The molecule has 6 atom stereocenters. The van der Waals surface area contributed by atoms with Gasteiger partial charge in [0.05, 0.1) is 20.0 Å². The highest BCUT2D eigenvalue weighted by Crippen LogP contribution is 2.48. The topological polar surface area (TPSA) is 150 Å². The van der Waals surface area contributed by atoms with E-state index in [-0.39, 0.29) is 5.75 Å². The number of aromatic nitrogens is 4. The quantitative estimate of drug-likeness (QED) is 0.216. The summed E-state index contributed by atoms with van der Waals surface area (Å²) in [6.45, 7) is 3.77. The Kier molecular flexibility index (Phi) is 7.09. The zero-order chi connectivity index (χ0) is 27.1. The molecule has 204 valence electrons. The number of benzene rings is 1. The highest BCUT2D eigenvalue weighted by molar-refractivity contribution is 7.52. The molecule has 13 nitrogen and oxygen atoms in total. The Hall–Kier alpha value is -3.16. The van der Waals surface area contributed by atoms with Crippen LogP contribution in [0.3, 0.4) is 0 Å². The van der Waals surface area contributed by atoms with Crippen molar-refractivity contribution >= 4 is 30.7 Å². The predicted octanol–water partition coefficient (Wildman–Crippen LogP) is 1.99. The number of methoxy groups -OCH3 is 1. The third kappa shape index (κ3) is 5.09. The Bertz CT molecular complexity index is 1350. The lowest BCUT2D eigenvalue weighted by atomic mass is 9.98. The maximum atomic E-state index is 15.9. The van der Waals surface area contributed by atoms with E-state index in [1.165, 1.54) is 38.2 Å². The number of alkyl halides is 1. The largest absolute Gasteiger partial charge is 0.468 e. The monoisotopic (exact) mass is 550 g/mol. The van der Waals surface area contributed by atoms with Crippen LogP contribution in [0.25, 0.3) is 11.2 Å². The van der Waals surface area contributed by atoms with Gasteiger partial charge in [0.2, 0.25) is 0 Å². The van der Waals surface area contributed by atoms with Gasteiger partial charge < -0.3 is 24.0 Å². The van der Waals surface area contributed by atoms with Crippen LogP contribution in [-0.4, -0.2) is 81.3 Å². The maximum absolute atomic E-state index is 15.9. The molecule has 0 aliphatic carbocycles. The van der Waals surface area contributed by atoms with Crippen LogP contribution in [0.1, 0.15) is 20.1 Å². The molecule has 2 aliphatic rings. The highest BCUT2D eigenvalue weighted by atomic mass is 31.2. The third-order valence-corrected chi connectivity index (χ3v) is 7.98. The van der Waals surface area contributed by atoms with Crippen LogP contribution in [-0.2, 0) is 23.4 Å². The number of fused-ring (bicyclic) bond motifs is 1. The molecular formula is C23H28FN6O7P. The second kappa shape index (κ2) is 10.2. The minimum absolute atomic E-state index is 0.202. The van der Waals surface area contributed by atoms with Gasteiger partial charge in [0, 0.05) is 13.1 Å². The van der Waals surface area contributed by atoms with Crippen molar-refractivity contribution in [2.75, 3.05) is 31.7 Å². The molecule has 0 bridgehead atoms. The fourth-order valence-electron chi connectivity index (χ4n) is 4.20. The smallest absolute Gasteiger partial charge is 0.459 e. The van der Waals surface area contributed by atoms with E-state index < -0.39 is 50.5 Å². The summed E-state index contributed by atoms with van der Waals surface area (Å²) in [5.41, 5.74) is -1.46. The van der Waals surface area contributed by atoms with Gasteiger partial charge in [0.25, 0.3) is 0 Å². The summed E-state index contributed by atoms with van der Waals surface area (Å²) in [5, 5.41) is 13.3. The van der Waals surface area contributed by atoms with Crippen LogP contribution in [0, 0.1) is 0 Å². The summed E-state index contributed by atoms with van der Waals surface area (Å²) in [6, 6.07) is 7.11. The number of nitrogens with zero attached hydrogens (tertiary/aromatic N) is 5. The van der Waals surface area contributed by atoms with E-state index >= 15 is 4.39 Å². The van der Waals surface area contributed by atoms with Crippen molar-refractivity contribution in [2.24, 2.45) is 0 Å². The summed E-state index contributed by atoms with van der Waals surface area (Å²) in [4.78, 5) is 26.8. The number of imidazole rings is 1. The first-order valence-corrected chi connectivity index (χ1v) is 13.5. The molecule has 5 rings (SSSR count). The van der Waals surface area contributed by atoms with Gasteiger partial charge in [-0.1, -0.05) is 18.2 Å². The molecule has 1 aromatic carbocycles. The van der Waals surface area contributed by atoms with Crippen molar-refractivity contribution < 1.29 is 37.4 Å². The molecule has 2 aliphatic heterocycles. The number of nitrogens with one attached hydrogen (secondary N) is 1. The molecule has 0 spiro atoms. The number of halogens is 1.